The number of hydrogen-bond donors (Lipinski definition) is 2. The second-order valence-corrected chi connectivity index (χ2v) is 8.27. The third kappa shape index (κ3) is 6.72. The summed E-state index contributed by atoms with van der Waals surface area (Å²) in [6.45, 7) is 5.86. The molecule has 190 valence electrons. The molecule has 4 aromatic rings. The van der Waals surface area contributed by atoms with Crippen molar-refractivity contribution in [3.05, 3.63) is 89.2 Å². The number of amides is 2. The van der Waals surface area contributed by atoms with E-state index >= 15 is 0 Å². The third-order valence-corrected chi connectivity index (χ3v) is 5.29. The molecule has 0 aliphatic rings. The maximum Gasteiger partial charge on any atom is 0.573 e. The van der Waals surface area contributed by atoms with E-state index in [9.17, 15) is 18.0 Å². The highest BCUT2D eigenvalue weighted by Gasteiger charge is 2.31. The zero-order valence-electron chi connectivity index (χ0n) is 20.2. The van der Waals surface area contributed by atoms with Crippen LogP contribution in [0.5, 0.6) is 5.75 Å². The highest BCUT2D eigenvalue weighted by atomic mass is 19.4. The number of urea groups is 1. The number of benzene rings is 3. The first-order chi connectivity index (χ1) is 17.6. The largest absolute Gasteiger partial charge is 0.573 e. The summed E-state index contributed by atoms with van der Waals surface area (Å²) in [6.07, 6.45) is -1.78. The Labute approximate surface area is 210 Å². The molecule has 1 aromatic heterocycles. The summed E-state index contributed by atoms with van der Waals surface area (Å²) in [6, 6.07) is 16.0. The highest BCUT2D eigenvalue weighted by molar-refractivity contribution is 5.92. The number of carbonyl (C=O) groups is 1. The molecule has 2 amide bonds. The molecule has 0 bridgehead atoms. The standard InChI is InChI=1S/C26H23F3N6O2/c1-16-12-17(2)23(18(3)13-16)32-25(36)33-31-14-19-4-6-20(7-5-19)24-30-15-35(34-24)21-8-10-22(11-9-21)37-26(27,28)29/h4-15H,1-3H3,(H2,32,33,36). The molecule has 0 fully saturated rings. The Hall–Kier alpha value is -4.67. The monoisotopic (exact) mass is 508 g/mol. The van der Waals surface area contributed by atoms with E-state index in [4.69, 9.17) is 0 Å². The van der Waals surface area contributed by atoms with Gasteiger partial charge in [-0.1, -0.05) is 42.0 Å². The molecule has 11 heteroatoms. The van der Waals surface area contributed by atoms with Gasteiger partial charge in [-0.15, -0.1) is 18.3 Å². The zero-order valence-corrected chi connectivity index (χ0v) is 20.2. The fourth-order valence-electron chi connectivity index (χ4n) is 3.72. The number of hydrogen-bond acceptors (Lipinski definition) is 5. The van der Waals surface area contributed by atoms with Crippen molar-refractivity contribution in [1.82, 2.24) is 20.2 Å². The first-order valence-corrected chi connectivity index (χ1v) is 11.1. The lowest BCUT2D eigenvalue weighted by Crippen LogP contribution is -2.25. The van der Waals surface area contributed by atoms with Crippen LogP contribution in [0.15, 0.2) is 72.1 Å². The predicted molar refractivity (Wildman–Crippen MR) is 134 cm³/mol. The molecule has 8 nitrogen and oxygen atoms in total. The van der Waals surface area contributed by atoms with Crippen LogP contribution in [0, 0.1) is 20.8 Å². The zero-order chi connectivity index (χ0) is 26.6. The van der Waals surface area contributed by atoms with Gasteiger partial charge in [-0.25, -0.2) is 19.9 Å². The fourth-order valence-corrected chi connectivity index (χ4v) is 3.72. The number of aromatic nitrogens is 3. The first-order valence-electron chi connectivity index (χ1n) is 11.1. The molecular weight excluding hydrogens is 485 g/mol. The van der Waals surface area contributed by atoms with Gasteiger partial charge in [0.25, 0.3) is 0 Å². The lowest BCUT2D eigenvalue weighted by Gasteiger charge is -2.12. The topological polar surface area (TPSA) is 93.4 Å². The normalized spacial score (nSPS) is 11.5. The molecule has 2 N–H and O–H groups in total. The first kappa shape index (κ1) is 25.4. The number of carbonyl (C=O) groups excluding carboxylic acids is 1. The molecule has 37 heavy (non-hydrogen) atoms. The Balaban J connectivity index is 1.35. The summed E-state index contributed by atoms with van der Waals surface area (Å²) in [4.78, 5) is 16.5. The van der Waals surface area contributed by atoms with Crippen LogP contribution in [0.1, 0.15) is 22.3 Å². The van der Waals surface area contributed by atoms with Crippen LogP contribution in [0.3, 0.4) is 0 Å². The summed E-state index contributed by atoms with van der Waals surface area (Å²) >= 11 is 0. The summed E-state index contributed by atoms with van der Waals surface area (Å²) in [5.74, 6) is 0.113. The lowest BCUT2D eigenvalue weighted by molar-refractivity contribution is -0.274. The number of anilines is 1. The molecular formula is C26H23F3N6O2. The maximum absolute atomic E-state index is 12.3. The van der Waals surface area contributed by atoms with E-state index in [1.807, 2.05) is 32.9 Å². The van der Waals surface area contributed by atoms with Crippen molar-refractivity contribution in [1.29, 1.82) is 0 Å². The summed E-state index contributed by atoms with van der Waals surface area (Å²) in [5, 5.41) is 11.2. The van der Waals surface area contributed by atoms with Crippen LogP contribution < -0.4 is 15.5 Å². The van der Waals surface area contributed by atoms with Gasteiger partial charge in [-0.2, -0.15) is 5.10 Å². The van der Waals surface area contributed by atoms with Crippen LogP contribution in [-0.2, 0) is 0 Å². The highest BCUT2D eigenvalue weighted by Crippen LogP contribution is 2.24. The Morgan fingerprint density at radius 1 is 1.00 bits per heavy atom. The van der Waals surface area contributed by atoms with Gasteiger partial charge in [0.1, 0.15) is 12.1 Å². The number of ether oxygens (including phenoxy) is 1. The average molecular weight is 509 g/mol. The van der Waals surface area contributed by atoms with Gasteiger partial charge in [0.2, 0.25) is 0 Å². The van der Waals surface area contributed by atoms with Crippen LogP contribution in [-0.4, -0.2) is 33.4 Å². The Morgan fingerprint density at radius 2 is 1.65 bits per heavy atom. The predicted octanol–water partition coefficient (Wildman–Crippen LogP) is 5.91. The van der Waals surface area contributed by atoms with Crippen molar-refractivity contribution in [3.63, 3.8) is 0 Å². The van der Waals surface area contributed by atoms with Crippen LogP contribution in [0.4, 0.5) is 23.7 Å². The van der Waals surface area contributed by atoms with E-state index in [1.165, 1.54) is 41.5 Å². The van der Waals surface area contributed by atoms with E-state index in [2.05, 4.69) is 30.7 Å². The van der Waals surface area contributed by atoms with Crippen molar-refractivity contribution in [3.8, 4) is 22.8 Å². The number of aryl methyl sites for hydroxylation is 3. The van der Waals surface area contributed by atoms with Crippen LogP contribution >= 0.6 is 0 Å². The van der Waals surface area contributed by atoms with Gasteiger partial charge in [0.15, 0.2) is 5.82 Å². The van der Waals surface area contributed by atoms with Crippen molar-refractivity contribution in [2.24, 2.45) is 5.10 Å². The summed E-state index contributed by atoms with van der Waals surface area (Å²) in [5.41, 5.74) is 8.26. The van der Waals surface area contributed by atoms with Gasteiger partial charge in [-0.05, 0) is 61.7 Å². The number of rotatable bonds is 6. The molecule has 0 unspecified atom stereocenters. The molecule has 0 atom stereocenters. The van der Waals surface area contributed by atoms with Gasteiger partial charge in [-0.3, -0.25) is 0 Å². The summed E-state index contributed by atoms with van der Waals surface area (Å²) in [7, 11) is 0. The van der Waals surface area contributed by atoms with Gasteiger partial charge in [0.05, 0.1) is 11.9 Å². The molecule has 0 aliphatic heterocycles. The minimum absolute atomic E-state index is 0.318. The van der Waals surface area contributed by atoms with E-state index in [0.29, 0.717) is 11.5 Å². The van der Waals surface area contributed by atoms with Crippen LogP contribution in [0.2, 0.25) is 0 Å². The summed E-state index contributed by atoms with van der Waals surface area (Å²) < 4.78 is 42.3. The SMILES string of the molecule is Cc1cc(C)c(NC(=O)NN=Cc2ccc(-c3ncn(-c4ccc(OC(F)(F)F)cc4)n3)cc2)c(C)c1. The van der Waals surface area contributed by atoms with Crippen molar-refractivity contribution < 1.29 is 22.7 Å². The van der Waals surface area contributed by atoms with Gasteiger partial charge >= 0.3 is 12.4 Å². The van der Waals surface area contributed by atoms with Crippen molar-refractivity contribution in [2.45, 2.75) is 27.1 Å². The minimum atomic E-state index is -4.75. The smallest absolute Gasteiger partial charge is 0.406 e. The average Bonchev–Trinajstić information content (AvgIpc) is 3.32. The van der Waals surface area contributed by atoms with Gasteiger partial charge < -0.3 is 10.1 Å². The molecule has 0 saturated heterocycles. The quantitative estimate of drug-likeness (QED) is 0.250. The van der Waals surface area contributed by atoms with E-state index in [1.54, 1.807) is 24.3 Å². The Bertz CT molecular complexity index is 1410. The molecule has 3 aromatic carbocycles. The molecule has 4 rings (SSSR count). The number of hydrazone groups is 1. The fraction of sp³-hybridized carbons (Fsp3) is 0.154. The molecule has 0 saturated carbocycles. The third-order valence-electron chi connectivity index (χ3n) is 5.29. The molecule has 0 radical (unpaired) electrons. The minimum Gasteiger partial charge on any atom is -0.406 e. The number of nitrogens with zero attached hydrogens (tertiary/aromatic N) is 4. The van der Waals surface area contributed by atoms with Crippen molar-refractivity contribution >= 4 is 17.9 Å². The molecule has 1 heterocycles. The lowest BCUT2D eigenvalue weighted by atomic mass is 10.1. The number of nitrogens with one attached hydrogen (secondary N) is 2. The number of alkyl halides is 3. The second-order valence-electron chi connectivity index (χ2n) is 8.27. The Morgan fingerprint density at radius 3 is 2.27 bits per heavy atom. The molecule has 0 spiro atoms. The maximum atomic E-state index is 12.3. The van der Waals surface area contributed by atoms with Crippen molar-refractivity contribution in [2.75, 3.05) is 5.32 Å². The number of halogens is 3. The van der Waals surface area contributed by atoms with Crippen LogP contribution in [0.25, 0.3) is 17.1 Å². The second kappa shape index (κ2) is 10.5. The molecule has 0 aliphatic carbocycles. The van der Waals surface area contributed by atoms with Gasteiger partial charge in [0, 0.05) is 11.3 Å². The Kier molecular flexibility index (Phi) is 7.23. The van der Waals surface area contributed by atoms with E-state index < -0.39 is 12.4 Å². The van der Waals surface area contributed by atoms with E-state index in [-0.39, 0.29) is 5.75 Å². The van der Waals surface area contributed by atoms with E-state index in [0.717, 1.165) is 33.5 Å².